The van der Waals surface area contributed by atoms with Crippen molar-refractivity contribution in [2.45, 2.75) is 148 Å². The van der Waals surface area contributed by atoms with Gasteiger partial charge in [0.25, 0.3) is 10.1 Å². The van der Waals surface area contributed by atoms with Gasteiger partial charge in [-0.05, 0) is 64.2 Å². The molecule has 0 heterocycles. The number of allylic oxidation sites excluding steroid dienone is 12. The summed E-state index contributed by atoms with van der Waals surface area (Å²) in [5.41, 5.74) is 0. The topological polar surface area (TPSA) is 104 Å². The van der Waals surface area contributed by atoms with E-state index in [1.165, 1.54) is 32.1 Å². The van der Waals surface area contributed by atoms with Crippen LogP contribution in [-0.2, 0) is 14.9 Å². The monoisotopic (exact) mass is 633 g/mol. The van der Waals surface area contributed by atoms with Gasteiger partial charge in [0.2, 0.25) is 5.91 Å². The fourth-order valence-electron chi connectivity index (χ4n) is 4.63. The smallest absolute Gasteiger partial charge is 0.266 e. The first kappa shape index (κ1) is 41.8. The number of rotatable bonds is 29. The molecule has 0 aromatic heterocycles. The lowest BCUT2D eigenvalue weighted by Gasteiger charge is -2.23. The molecule has 1 amide bonds. The van der Waals surface area contributed by atoms with Crippen LogP contribution in [0.4, 0.5) is 0 Å². The van der Waals surface area contributed by atoms with Crippen LogP contribution >= 0.6 is 0 Å². The van der Waals surface area contributed by atoms with Crippen LogP contribution in [0.2, 0.25) is 0 Å². The highest BCUT2D eigenvalue weighted by Crippen LogP contribution is 2.13. The molecule has 0 saturated heterocycles. The van der Waals surface area contributed by atoms with Crippen molar-refractivity contribution in [3.8, 4) is 0 Å². The Kier molecular flexibility index (Phi) is 29.2. The molecule has 7 heteroatoms. The Balaban J connectivity index is 4.05. The minimum absolute atomic E-state index is 0.259. The molecular weight excluding hydrogens is 570 g/mol. The van der Waals surface area contributed by atoms with Gasteiger partial charge in [0.05, 0.1) is 17.9 Å². The van der Waals surface area contributed by atoms with Crippen molar-refractivity contribution in [1.82, 2.24) is 5.32 Å². The Labute approximate surface area is 270 Å². The van der Waals surface area contributed by atoms with Crippen molar-refractivity contribution in [3.05, 3.63) is 72.9 Å². The van der Waals surface area contributed by atoms with Gasteiger partial charge in [-0.25, -0.2) is 0 Å². The lowest BCUT2D eigenvalue weighted by Crippen LogP contribution is -2.47. The number of hydrogen-bond acceptors (Lipinski definition) is 4. The van der Waals surface area contributed by atoms with Crippen LogP contribution in [0.3, 0.4) is 0 Å². The van der Waals surface area contributed by atoms with Crippen LogP contribution in [0.15, 0.2) is 72.9 Å². The molecule has 0 radical (unpaired) electrons. The van der Waals surface area contributed by atoms with Crippen molar-refractivity contribution < 1.29 is 22.9 Å². The van der Waals surface area contributed by atoms with Crippen LogP contribution in [0.1, 0.15) is 136 Å². The van der Waals surface area contributed by atoms with E-state index in [0.29, 0.717) is 12.8 Å². The molecule has 0 aliphatic rings. The third-order valence-corrected chi connectivity index (χ3v) is 7.96. The Hall–Kier alpha value is -2.22. The first-order valence-corrected chi connectivity index (χ1v) is 18.7. The standard InChI is InChI=1S/C37H63NO5S/c1-3-5-7-9-11-13-14-15-16-17-18-19-20-21-22-23-24-25-27-29-31-33-37(40)38-35(34-44(41,42)43)36(39)32-30-28-26-12-10-8-6-4-2/h5,7,11,13,15-16,18-19,21-22,24-25,35-36,39H,3-4,6,8-10,12,14,17,20,23,26-34H2,1-2H3,(H,38,40)(H,41,42,43)/b7-5-,13-11-,16-15-,19-18-,22-21-,25-24-. The van der Waals surface area contributed by atoms with E-state index in [-0.39, 0.29) is 12.3 Å². The highest BCUT2D eigenvalue weighted by atomic mass is 32.2. The van der Waals surface area contributed by atoms with E-state index in [2.05, 4.69) is 92.1 Å². The SMILES string of the molecule is CC/C=C\C/C=C\C/C=C\C/C=C\C/C=C\C/C=C\CCCCC(=O)NC(CS(=O)(=O)O)C(O)CCCCCCCCCC. The zero-order valence-corrected chi connectivity index (χ0v) is 28.6. The van der Waals surface area contributed by atoms with Crippen molar-refractivity contribution in [2.75, 3.05) is 5.75 Å². The van der Waals surface area contributed by atoms with E-state index >= 15 is 0 Å². The number of nitrogens with one attached hydrogen (secondary N) is 1. The molecule has 3 N–H and O–H groups in total. The average molecular weight is 634 g/mol. The minimum atomic E-state index is -4.32. The number of carbonyl (C=O) groups is 1. The van der Waals surface area contributed by atoms with Crippen LogP contribution in [0.5, 0.6) is 0 Å². The summed E-state index contributed by atoms with van der Waals surface area (Å²) < 4.78 is 32.2. The van der Waals surface area contributed by atoms with Gasteiger partial charge in [-0.2, -0.15) is 8.42 Å². The van der Waals surface area contributed by atoms with Crippen LogP contribution in [0.25, 0.3) is 0 Å². The molecule has 0 fully saturated rings. The van der Waals surface area contributed by atoms with Gasteiger partial charge in [-0.1, -0.05) is 138 Å². The fourth-order valence-corrected chi connectivity index (χ4v) is 5.39. The zero-order chi connectivity index (χ0) is 32.6. The predicted molar refractivity (Wildman–Crippen MR) is 188 cm³/mol. The summed E-state index contributed by atoms with van der Waals surface area (Å²) in [4.78, 5) is 12.4. The van der Waals surface area contributed by atoms with E-state index in [9.17, 15) is 22.9 Å². The predicted octanol–water partition coefficient (Wildman–Crippen LogP) is 9.51. The van der Waals surface area contributed by atoms with Crippen molar-refractivity contribution in [2.24, 2.45) is 0 Å². The van der Waals surface area contributed by atoms with E-state index < -0.39 is 28.0 Å². The van der Waals surface area contributed by atoms with E-state index in [1.807, 2.05) is 0 Å². The minimum Gasteiger partial charge on any atom is -0.391 e. The molecule has 44 heavy (non-hydrogen) atoms. The molecular formula is C37H63NO5S. The molecule has 0 spiro atoms. The number of carbonyl (C=O) groups excluding carboxylic acids is 1. The summed E-state index contributed by atoms with van der Waals surface area (Å²) in [6, 6.07) is -0.995. The highest BCUT2D eigenvalue weighted by molar-refractivity contribution is 7.85. The zero-order valence-electron chi connectivity index (χ0n) is 27.8. The summed E-state index contributed by atoms with van der Waals surface area (Å²) in [5, 5.41) is 13.2. The van der Waals surface area contributed by atoms with Crippen LogP contribution < -0.4 is 5.32 Å². The van der Waals surface area contributed by atoms with E-state index in [0.717, 1.165) is 70.6 Å². The molecule has 0 aromatic rings. The van der Waals surface area contributed by atoms with Gasteiger partial charge in [-0.3, -0.25) is 9.35 Å². The third-order valence-electron chi connectivity index (χ3n) is 7.18. The van der Waals surface area contributed by atoms with Gasteiger partial charge >= 0.3 is 0 Å². The molecule has 0 aromatic carbocycles. The Morgan fingerprint density at radius 1 is 0.636 bits per heavy atom. The number of aliphatic hydroxyl groups is 1. The van der Waals surface area contributed by atoms with E-state index in [4.69, 9.17) is 0 Å². The van der Waals surface area contributed by atoms with Gasteiger partial charge in [0.15, 0.2) is 0 Å². The van der Waals surface area contributed by atoms with Crippen molar-refractivity contribution in [1.29, 1.82) is 0 Å². The van der Waals surface area contributed by atoms with Gasteiger partial charge in [0.1, 0.15) is 0 Å². The highest BCUT2D eigenvalue weighted by Gasteiger charge is 2.25. The summed E-state index contributed by atoms with van der Waals surface area (Å²) in [6.07, 6.45) is 42.9. The largest absolute Gasteiger partial charge is 0.391 e. The molecule has 0 saturated carbocycles. The molecule has 6 nitrogen and oxygen atoms in total. The number of hydrogen-bond donors (Lipinski definition) is 3. The first-order valence-electron chi connectivity index (χ1n) is 17.1. The molecule has 0 rings (SSSR count). The molecule has 0 aliphatic heterocycles. The van der Waals surface area contributed by atoms with Gasteiger partial charge < -0.3 is 10.4 Å². The quantitative estimate of drug-likeness (QED) is 0.0432. The maximum atomic E-state index is 12.4. The Bertz CT molecular complexity index is 962. The van der Waals surface area contributed by atoms with Gasteiger partial charge in [0, 0.05) is 6.42 Å². The van der Waals surface area contributed by atoms with Crippen LogP contribution in [-0.4, -0.2) is 41.9 Å². The summed E-state index contributed by atoms with van der Waals surface area (Å²) >= 11 is 0. The van der Waals surface area contributed by atoms with Crippen molar-refractivity contribution in [3.63, 3.8) is 0 Å². The second-order valence-corrected chi connectivity index (χ2v) is 12.9. The van der Waals surface area contributed by atoms with E-state index in [1.54, 1.807) is 0 Å². The Morgan fingerprint density at radius 2 is 1.09 bits per heavy atom. The lowest BCUT2D eigenvalue weighted by atomic mass is 10.0. The van der Waals surface area contributed by atoms with Crippen LogP contribution in [0, 0.1) is 0 Å². The second-order valence-electron chi connectivity index (χ2n) is 11.4. The normalized spacial score (nSPS) is 14.4. The maximum Gasteiger partial charge on any atom is 0.266 e. The summed E-state index contributed by atoms with van der Waals surface area (Å²) in [6.45, 7) is 4.34. The number of aliphatic hydroxyl groups excluding tert-OH is 1. The third kappa shape index (κ3) is 31.2. The number of unbranched alkanes of at least 4 members (excludes halogenated alkanes) is 9. The molecule has 252 valence electrons. The van der Waals surface area contributed by atoms with Gasteiger partial charge in [-0.15, -0.1) is 0 Å². The Morgan fingerprint density at radius 3 is 1.57 bits per heavy atom. The first-order chi connectivity index (χ1) is 21.3. The number of amides is 1. The summed E-state index contributed by atoms with van der Waals surface area (Å²) in [7, 11) is -4.32. The molecule has 2 atom stereocenters. The lowest BCUT2D eigenvalue weighted by molar-refractivity contribution is -0.122. The fraction of sp³-hybridized carbons (Fsp3) is 0.649. The molecule has 0 bridgehead atoms. The second kappa shape index (κ2) is 30.8. The summed E-state index contributed by atoms with van der Waals surface area (Å²) in [5.74, 6) is -0.966. The maximum absolute atomic E-state index is 12.4. The average Bonchev–Trinajstić information content (AvgIpc) is 2.98. The molecule has 0 aliphatic carbocycles. The van der Waals surface area contributed by atoms with Crippen molar-refractivity contribution >= 4 is 16.0 Å². The molecule has 2 unspecified atom stereocenters.